The molecule has 2 heterocycles. The highest BCUT2D eigenvalue weighted by atomic mass is 16.6. The van der Waals surface area contributed by atoms with Gasteiger partial charge in [0.25, 0.3) is 0 Å². The minimum Gasteiger partial charge on any atom is -0.478 e. The van der Waals surface area contributed by atoms with Gasteiger partial charge in [0.05, 0.1) is 35.2 Å². The maximum atomic E-state index is 12.6. The molecule has 8 heteroatoms. The number of hydrogen-bond acceptors (Lipinski definition) is 5. The van der Waals surface area contributed by atoms with Crippen LogP contribution in [0.3, 0.4) is 0 Å². The van der Waals surface area contributed by atoms with E-state index >= 15 is 0 Å². The van der Waals surface area contributed by atoms with Crippen LogP contribution in [0.4, 0.5) is 10.5 Å². The number of carboxylic acids is 1. The van der Waals surface area contributed by atoms with Crippen molar-refractivity contribution < 1.29 is 19.4 Å². The van der Waals surface area contributed by atoms with Crippen LogP contribution in [0, 0.1) is 0 Å². The number of aromatic nitrogens is 2. The van der Waals surface area contributed by atoms with Crippen molar-refractivity contribution in [2.45, 2.75) is 52.3 Å². The van der Waals surface area contributed by atoms with Gasteiger partial charge in [-0.05, 0) is 46.8 Å². The van der Waals surface area contributed by atoms with Crippen molar-refractivity contribution in [1.29, 1.82) is 0 Å². The molecule has 1 amide bonds. The van der Waals surface area contributed by atoms with Crippen molar-refractivity contribution in [2.24, 2.45) is 0 Å². The summed E-state index contributed by atoms with van der Waals surface area (Å²) in [6.45, 7) is 10.8. The zero-order valence-corrected chi connectivity index (χ0v) is 16.3. The normalized spacial score (nSPS) is 20.8. The molecule has 0 unspecified atom stereocenters. The number of carbonyl (C=O) groups excluding carboxylic acids is 1. The van der Waals surface area contributed by atoms with Crippen molar-refractivity contribution in [3.8, 4) is 0 Å². The van der Waals surface area contributed by atoms with Gasteiger partial charge in [-0.1, -0.05) is 0 Å². The monoisotopic (exact) mass is 374 g/mol. The fourth-order valence-corrected chi connectivity index (χ4v) is 3.65. The molecular weight excluding hydrogens is 348 g/mol. The van der Waals surface area contributed by atoms with Gasteiger partial charge in [-0.15, -0.1) is 0 Å². The van der Waals surface area contributed by atoms with E-state index in [2.05, 4.69) is 14.9 Å². The molecule has 146 valence electrons. The number of fused-ring (bicyclic) bond motifs is 1. The zero-order chi connectivity index (χ0) is 19.9. The Balaban J connectivity index is 1.87. The number of ether oxygens (including phenoxy) is 1. The number of imidazole rings is 1. The molecule has 1 aromatic heterocycles. The van der Waals surface area contributed by atoms with E-state index in [0.717, 1.165) is 5.69 Å². The van der Waals surface area contributed by atoms with E-state index < -0.39 is 11.6 Å². The maximum absolute atomic E-state index is 12.6. The van der Waals surface area contributed by atoms with Crippen LogP contribution in [-0.4, -0.2) is 62.8 Å². The van der Waals surface area contributed by atoms with Crippen molar-refractivity contribution in [3.05, 3.63) is 24.0 Å². The average molecular weight is 374 g/mol. The Morgan fingerprint density at radius 2 is 1.85 bits per heavy atom. The van der Waals surface area contributed by atoms with Gasteiger partial charge < -0.3 is 19.7 Å². The molecule has 0 saturated carbocycles. The topological polar surface area (TPSA) is 98.8 Å². The third kappa shape index (κ3) is 3.70. The molecule has 1 saturated heterocycles. The molecule has 1 aliphatic rings. The second-order valence-corrected chi connectivity index (χ2v) is 8.05. The molecule has 0 spiro atoms. The SMILES string of the molecule is C[C@@H]1CN(c2ccc(C(=O)O)c3nc[nH]c23)C[C@H](C)N1C(=O)OC(C)(C)C. The smallest absolute Gasteiger partial charge is 0.410 e. The lowest BCUT2D eigenvalue weighted by molar-refractivity contribution is 0.00566. The molecule has 3 rings (SSSR count). The largest absolute Gasteiger partial charge is 0.478 e. The van der Waals surface area contributed by atoms with Crippen LogP contribution in [0.2, 0.25) is 0 Å². The maximum Gasteiger partial charge on any atom is 0.410 e. The second-order valence-electron chi connectivity index (χ2n) is 8.05. The number of nitrogens with zero attached hydrogens (tertiary/aromatic N) is 3. The standard InChI is InChI=1S/C19H26N4O4/c1-11-8-22(9-12(2)23(11)18(26)27-19(3,4)5)14-7-6-13(17(24)25)15-16(14)21-10-20-15/h6-7,10-12H,8-9H2,1-5H3,(H,20,21)(H,24,25)/t11-,12+. The number of amides is 1. The lowest BCUT2D eigenvalue weighted by Crippen LogP contribution is -2.59. The Kier molecular flexibility index (Phi) is 4.75. The highest BCUT2D eigenvalue weighted by Gasteiger charge is 2.36. The number of carboxylic acid groups (broad SMARTS) is 1. The number of aromatic amines is 1. The number of benzene rings is 1. The number of nitrogens with one attached hydrogen (secondary N) is 1. The summed E-state index contributed by atoms with van der Waals surface area (Å²) in [5.74, 6) is -1.00. The fraction of sp³-hybridized carbons (Fsp3) is 0.526. The van der Waals surface area contributed by atoms with Gasteiger partial charge in [0.1, 0.15) is 11.1 Å². The minimum atomic E-state index is -1.00. The number of carbonyl (C=O) groups is 2. The van der Waals surface area contributed by atoms with Gasteiger partial charge in [-0.3, -0.25) is 4.90 Å². The number of piperazine rings is 1. The summed E-state index contributed by atoms with van der Waals surface area (Å²) in [7, 11) is 0. The van der Waals surface area contributed by atoms with Gasteiger partial charge in [-0.25, -0.2) is 14.6 Å². The van der Waals surface area contributed by atoms with Crippen molar-refractivity contribution in [1.82, 2.24) is 14.9 Å². The third-order valence-corrected chi connectivity index (χ3v) is 4.65. The number of hydrogen-bond donors (Lipinski definition) is 2. The summed E-state index contributed by atoms with van der Waals surface area (Å²) < 4.78 is 5.55. The van der Waals surface area contributed by atoms with Crippen LogP contribution in [0.5, 0.6) is 0 Å². The molecule has 1 aromatic carbocycles. The Morgan fingerprint density at radius 1 is 1.22 bits per heavy atom. The quantitative estimate of drug-likeness (QED) is 0.838. The molecule has 27 heavy (non-hydrogen) atoms. The number of H-pyrrole nitrogens is 1. The molecule has 1 fully saturated rings. The first-order valence-electron chi connectivity index (χ1n) is 9.04. The number of anilines is 1. The van der Waals surface area contributed by atoms with E-state index in [1.165, 1.54) is 6.33 Å². The fourth-order valence-electron chi connectivity index (χ4n) is 3.65. The summed E-state index contributed by atoms with van der Waals surface area (Å²) in [5, 5.41) is 9.35. The average Bonchev–Trinajstić information content (AvgIpc) is 3.00. The van der Waals surface area contributed by atoms with E-state index in [-0.39, 0.29) is 23.7 Å². The molecule has 2 aromatic rings. The Bertz CT molecular complexity index is 858. The van der Waals surface area contributed by atoms with Crippen LogP contribution in [0.25, 0.3) is 11.0 Å². The Morgan fingerprint density at radius 3 is 2.41 bits per heavy atom. The summed E-state index contributed by atoms with van der Waals surface area (Å²) in [6.07, 6.45) is 1.19. The van der Waals surface area contributed by atoms with Crippen LogP contribution in [-0.2, 0) is 4.74 Å². The third-order valence-electron chi connectivity index (χ3n) is 4.65. The number of rotatable bonds is 2. The first kappa shape index (κ1) is 19.0. The van der Waals surface area contributed by atoms with Gasteiger partial charge in [0, 0.05) is 13.1 Å². The summed E-state index contributed by atoms with van der Waals surface area (Å²) in [5.41, 5.74) is 1.65. The minimum absolute atomic E-state index is 0.0549. The van der Waals surface area contributed by atoms with Gasteiger partial charge >= 0.3 is 12.1 Å². The molecule has 0 bridgehead atoms. The van der Waals surface area contributed by atoms with Gasteiger partial charge in [0.15, 0.2) is 0 Å². The highest BCUT2D eigenvalue weighted by Crippen LogP contribution is 2.30. The van der Waals surface area contributed by atoms with Crippen molar-refractivity contribution in [2.75, 3.05) is 18.0 Å². The van der Waals surface area contributed by atoms with E-state index in [1.54, 1.807) is 17.0 Å². The van der Waals surface area contributed by atoms with E-state index in [1.807, 2.05) is 34.6 Å². The molecule has 1 aliphatic heterocycles. The predicted octanol–water partition coefficient (Wildman–Crippen LogP) is 3.10. The predicted molar refractivity (Wildman–Crippen MR) is 102 cm³/mol. The molecule has 0 radical (unpaired) electrons. The van der Waals surface area contributed by atoms with E-state index in [4.69, 9.17) is 4.74 Å². The molecule has 8 nitrogen and oxygen atoms in total. The zero-order valence-electron chi connectivity index (χ0n) is 16.3. The lowest BCUT2D eigenvalue weighted by atomic mass is 10.1. The second kappa shape index (κ2) is 6.75. The first-order valence-corrected chi connectivity index (χ1v) is 9.04. The summed E-state index contributed by atoms with van der Waals surface area (Å²) in [6, 6.07) is 3.27. The number of aromatic carboxylic acids is 1. The lowest BCUT2D eigenvalue weighted by Gasteiger charge is -2.45. The Labute approximate surface area is 158 Å². The Hall–Kier alpha value is -2.77. The molecule has 0 aliphatic carbocycles. The molecule has 2 atom stereocenters. The van der Waals surface area contributed by atoms with Crippen LogP contribution in [0.15, 0.2) is 18.5 Å². The van der Waals surface area contributed by atoms with Crippen LogP contribution in [0.1, 0.15) is 45.0 Å². The van der Waals surface area contributed by atoms with Crippen molar-refractivity contribution >= 4 is 28.8 Å². The molecular formula is C19H26N4O4. The van der Waals surface area contributed by atoms with Crippen LogP contribution >= 0.6 is 0 Å². The van der Waals surface area contributed by atoms with E-state index in [0.29, 0.717) is 24.1 Å². The highest BCUT2D eigenvalue weighted by molar-refractivity contribution is 6.04. The summed E-state index contributed by atoms with van der Waals surface area (Å²) in [4.78, 5) is 35.1. The van der Waals surface area contributed by atoms with E-state index in [9.17, 15) is 14.7 Å². The van der Waals surface area contributed by atoms with Gasteiger partial charge in [0.2, 0.25) is 0 Å². The summed E-state index contributed by atoms with van der Waals surface area (Å²) >= 11 is 0. The van der Waals surface area contributed by atoms with Crippen molar-refractivity contribution in [3.63, 3.8) is 0 Å². The molecule has 2 N–H and O–H groups in total. The van der Waals surface area contributed by atoms with Crippen LogP contribution < -0.4 is 4.90 Å². The van der Waals surface area contributed by atoms with Gasteiger partial charge in [-0.2, -0.15) is 0 Å². The first-order chi connectivity index (χ1) is 12.6.